The van der Waals surface area contributed by atoms with Crippen LogP contribution in [0.15, 0.2) is 30.3 Å². The van der Waals surface area contributed by atoms with Gasteiger partial charge in [0, 0.05) is 6.42 Å². The van der Waals surface area contributed by atoms with E-state index in [-0.39, 0.29) is 13.0 Å². The van der Waals surface area contributed by atoms with Gasteiger partial charge in [-0.25, -0.2) is 9.18 Å². The Morgan fingerprint density at radius 3 is 2.65 bits per heavy atom. The second kappa shape index (κ2) is 5.90. The van der Waals surface area contributed by atoms with Crippen molar-refractivity contribution in [1.29, 1.82) is 0 Å². The minimum atomic E-state index is -1.32. The summed E-state index contributed by atoms with van der Waals surface area (Å²) in [5.74, 6) is -1.20. The molecule has 0 aromatic heterocycles. The Morgan fingerprint density at radius 1 is 1.40 bits per heavy atom. The molecule has 2 rings (SSSR count). The zero-order chi connectivity index (χ0) is 14.7. The van der Waals surface area contributed by atoms with Crippen LogP contribution in [0.2, 0.25) is 0 Å². The van der Waals surface area contributed by atoms with E-state index in [1.165, 1.54) is 6.92 Å². The number of carboxylic acids is 1. The third kappa shape index (κ3) is 2.89. The molecule has 3 unspecified atom stereocenters. The Hall–Kier alpha value is -2.11. The molecule has 108 valence electrons. The van der Waals surface area contributed by atoms with Crippen molar-refractivity contribution in [2.24, 2.45) is 0 Å². The lowest BCUT2D eigenvalue weighted by Crippen LogP contribution is -2.46. The number of likely N-dealkylation sites (tertiary alicyclic amines) is 1. The van der Waals surface area contributed by atoms with Crippen LogP contribution in [0.4, 0.5) is 4.39 Å². The van der Waals surface area contributed by atoms with Gasteiger partial charge >= 0.3 is 5.97 Å². The topological polar surface area (TPSA) is 66.8 Å². The van der Waals surface area contributed by atoms with Crippen LogP contribution in [0, 0.1) is 0 Å². The average Bonchev–Trinajstić information content (AvgIpc) is 2.74. The highest BCUT2D eigenvalue weighted by atomic mass is 19.1. The smallest absolute Gasteiger partial charge is 0.326 e. The second-order valence-corrected chi connectivity index (χ2v) is 4.75. The van der Waals surface area contributed by atoms with Gasteiger partial charge in [-0.15, -0.1) is 0 Å². The first-order chi connectivity index (χ1) is 9.50. The first-order valence-electron chi connectivity index (χ1n) is 6.36. The molecule has 0 spiro atoms. The first-order valence-corrected chi connectivity index (χ1v) is 6.36. The Kier molecular flexibility index (Phi) is 4.22. The largest absolute Gasteiger partial charge is 0.484 e. The van der Waals surface area contributed by atoms with Gasteiger partial charge < -0.3 is 14.7 Å². The molecule has 0 bridgehead atoms. The number of carbonyl (C=O) groups is 2. The lowest BCUT2D eigenvalue weighted by molar-refractivity contribution is -0.150. The van der Waals surface area contributed by atoms with Gasteiger partial charge in [-0.2, -0.15) is 0 Å². The molecule has 0 saturated carbocycles. The monoisotopic (exact) mass is 281 g/mol. The van der Waals surface area contributed by atoms with Crippen LogP contribution >= 0.6 is 0 Å². The molecule has 1 aromatic carbocycles. The summed E-state index contributed by atoms with van der Waals surface area (Å²) in [7, 11) is 0. The van der Waals surface area contributed by atoms with Crippen LogP contribution in [0.25, 0.3) is 0 Å². The molecule has 6 heteroatoms. The van der Waals surface area contributed by atoms with E-state index < -0.39 is 30.1 Å². The number of carboxylic acid groups (broad SMARTS) is 1. The predicted octanol–water partition coefficient (Wildman–Crippen LogP) is 1.48. The summed E-state index contributed by atoms with van der Waals surface area (Å²) in [6, 6.07) is 6.84. The molecule has 20 heavy (non-hydrogen) atoms. The second-order valence-electron chi connectivity index (χ2n) is 4.75. The molecule has 1 saturated heterocycles. The number of para-hydroxylation sites is 1. The molecule has 1 heterocycles. The highest BCUT2D eigenvalue weighted by molar-refractivity contribution is 5.85. The number of amides is 1. The Morgan fingerprint density at radius 2 is 2.05 bits per heavy atom. The van der Waals surface area contributed by atoms with E-state index in [1.54, 1.807) is 24.3 Å². The Balaban J connectivity index is 2.01. The van der Waals surface area contributed by atoms with Gasteiger partial charge in [0.05, 0.1) is 6.04 Å². The summed E-state index contributed by atoms with van der Waals surface area (Å²) < 4.78 is 18.9. The van der Waals surface area contributed by atoms with Crippen molar-refractivity contribution in [3.8, 4) is 5.75 Å². The van der Waals surface area contributed by atoms with E-state index >= 15 is 0 Å². The van der Waals surface area contributed by atoms with E-state index in [9.17, 15) is 14.0 Å². The number of alkyl halides is 1. The fraction of sp³-hybridized carbons (Fsp3) is 0.429. The maximum absolute atomic E-state index is 13.6. The van der Waals surface area contributed by atoms with E-state index in [4.69, 9.17) is 9.84 Å². The van der Waals surface area contributed by atoms with Crippen LogP contribution in [-0.4, -0.2) is 46.7 Å². The minimum absolute atomic E-state index is 0.173. The number of ether oxygens (including phenoxy) is 1. The van der Waals surface area contributed by atoms with E-state index in [1.807, 2.05) is 6.07 Å². The number of benzene rings is 1. The lowest BCUT2D eigenvalue weighted by atomic mass is 10.2. The first kappa shape index (κ1) is 14.3. The van der Waals surface area contributed by atoms with Gasteiger partial charge in [0.25, 0.3) is 5.91 Å². The van der Waals surface area contributed by atoms with Gasteiger partial charge in [0.15, 0.2) is 6.61 Å². The van der Waals surface area contributed by atoms with Crippen LogP contribution < -0.4 is 4.74 Å². The van der Waals surface area contributed by atoms with Crippen LogP contribution in [0.1, 0.15) is 13.3 Å². The summed E-state index contributed by atoms with van der Waals surface area (Å²) in [5, 5.41) is 9.05. The van der Waals surface area contributed by atoms with Gasteiger partial charge in [0.2, 0.25) is 0 Å². The predicted molar refractivity (Wildman–Crippen MR) is 69.2 cm³/mol. The zero-order valence-electron chi connectivity index (χ0n) is 11.0. The van der Waals surface area contributed by atoms with Gasteiger partial charge in [0.1, 0.15) is 18.0 Å². The van der Waals surface area contributed by atoms with Crippen molar-refractivity contribution in [2.75, 3.05) is 6.61 Å². The van der Waals surface area contributed by atoms with Crippen molar-refractivity contribution in [1.82, 2.24) is 4.90 Å². The molecule has 1 aliphatic heterocycles. The van der Waals surface area contributed by atoms with Crippen LogP contribution in [-0.2, 0) is 9.59 Å². The van der Waals surface area contributed by atoms with Gasteiger partial charge in [-0.05, 0) is 19.1 Å². The Bertz CT molecular complexity index is 493. The molecule has 1 aliphatic rings. The molecular formula is C14H16FNO4. The summed E-state index contributed by atoms with van der Waals surface area (Å²) in [5.41, 5.74) is 0. The SMILES string of the molecule is CC1C(F)CC(C(=O)O)N1C(=O)COc1ccccc1. The van der Waals surface area contributed by atoms with Crippen LogP contribution in [0.3, 0.4) is 0 Å². The molecule has 1 fully saturated rings. The molecule has 1 amide bonds. The van der Waals surface area contributed by atoms with Crippen LogP contribution in [0.5, 0.6) is 5.75 Å². The summed E-state index contributed by atoms with van der Waals surface area (Å²) in [6.07, 6.45) is -1.50. The number of aliphatic carboxylic acids is 1. The fourth-order valence-corrected chi connectivity index (χ4v) is 2.34. The average molecular weight is 281 g/mol. The highest BCUT2D eigenvalue weighted by Crippen LogP contribution is 2.27. The van der Waals surface area contributed by atoms with E-state index in [0.717, 1.165) is 4.90 Å². The number of carbonyl (C=O) groups excluding carboxylic acids is 1. The normalized spacial score (nSPS) is 25.5. The van der Waals surface area contributed by atoms with E-state index in [2.05, 4.69) is 0 Å². The maximum Gasteiger partial charge on any atom is 0.326 e. The van der Waals surface area contributed by atoms with Crippen molar-refractivity contribution in [3.05, 3.63) is 30.3 Å². The molecule has 0 radical (unpaired) electrons. The van der Waals surface area contributed by atoms with Crippen molar-refractivity contribution < 1.29 is 23.8 Å². The molecule has 5 nitrogen and oxygen atoms in total. The van der Waals surface area contributed by atoms with Gasteiger partial charge in [-0.1, -0.05) is 18.2 Å². The number of rotatable bonds is 4. The molecule has 3 atom stereocenters. The summed E-state index contributed by atoms with van der Waals surface area (Å²) >= 11 is 0. The zero-order valence-corrected chi connectivity index (χ0v) is 11.0. The maximum atomic E-state index is 13.6. The third-order valence-corrected chi connectivity index (χ3v) is 3.42. The van der Waals surface area contributed by atoms with Crippen molar-refractivity contribution >= 4 is 11.9 Å². The number of halogens is 1. The summed E-state index contributed by atoms with van der Waals surface area (Å²) in [4.78, 5) is 24.2. The number of hydrogen-bond donors (Lipinski definition) is 1. The Labute approximate surface area is 116 Å². The number of nitrogens with zero attached hydrogens (tertiary/aromatic N) is 1. The summed E-state index contributed by atoms with van der Waals surface area (Å²) in [6.45, 7) is 1.21. The fourth-order valence-electron chi connectivity index (χ4n) is 2.34. The van der Waals surface area contributed by atoms with E-state index in [0.29, 0.717) is 5.75 Å². The number of hydrogen-bond acceptors (Lipinski definition) is 3. The molecule has 1 aromatic rings. The molecule has 1 N–H and O–H groups in total. The minimum Gasteiger partial charge on any atom is -0.484 e. The highest BCUT2D eigenvalue weighted by Gasteiger charge is 2.45. The molecule has 0 aliphatic carbocycles. The quantitative estimate of drug-likeness (QED) is 0.907. The lowest BCUT2D eigenvalue weighted by Gasteiger charge is -2.25. The van der Waals surface area contributed by atoms with Gasteiger partial charge in [-0.3, -0.25) is 4.79 Å². The van der Waals surface area contributed by atoms with Crippen molar-refractivity contribution in [3.63, 3.8) is 0 Å². The third-order valence-electron chi connectivity index (χ3n) is 3.42. The molecular weight excluding hydrogens is 265 g/mol. The standard InChI is InChI=1S/C14H16FNO4/c1-9-11(15)7-12(14(18)19)16(9)13(17)8-20-10-5-3-2-4-6-10/h2-6,9,11-12H,7-8H2,1H3,(H,18,19). The van der Waals surface area contributed by atoms with Crippen molar-refractivity contribution in [2.45, 2.75) is 31.6 Å².